The molecule has 8 nitrogen and oxygen atoms in total. The predicted octanol–water partition coefficient (Wildman–Crippen LogP) is 2.48. The normalized spacial score (nSPS) is 25.2. The first-order valence-electron chi connectivity index (χ1n) is 10.0. The summed E-state index contributed by atoms with van der Waals surface area (Å²) < 4.78 is 22.7. The third-order valence-corrected chi connectivity index (χ3v) is 5.53. The van der Waals surface area contributed by atoms with Crippen molar-refractivity contribution in [2.45, 2.75) is 30.8 Å². The van der Waals surface area contributed by atoms with Gasteiger partial charge in [0.2, 0.25) is 5.95 Å². The van der Waals surface area contributed by atoms with Crippen molar-refractivity contribution >= 4 is 5.95 Å². The molecule has 0 aliphatic carbocycles. The van der Waals surface area contributed by atoms with Crippen LogP contribution in [0.4, 0.5) is 5.95 Å². The number of methoxy groups -OCH3 is 1. The van der Waals surface area contributed by atoms with Crippen molar-refractivity contribution in [3.05, 3.63) is 60.7 Å². The molecular weight excluding hydrogens is 384 g/mol. The molecule has 1 aromatic carbocycles. The highest BCUT2D eigenvalue weighted by Crippen LogP contribution is 2.29. The van der Waals surface area contributed by atoms with E-state index in [1.807, 2.05) is 42.5 Å². The molecule has 0 bridgehead atoms. The number of rotatable bonds is 7. The van der Waals surface area contributed by atoms with Crippen LogP contribution < -0.4 is 15.4 Å². The quantitative estimate of drug-likeness (QED) is 0.616. The van der Waals surface area contributed by atoms with Crippen LogP contribution in [0.2, 0.25) is 0 Å². The van der Waals surface area contributed by atoms with E-state index in [2.05, 4.69) is 20.6 Å². The summed E-state index contributed by atoms with van der Waals surface area (Å²) >= 11 is 0. The highest BCUT2D eigenvalue weighted by molar-refractivity contribution is 5.61. The SMILES string of the molecule is COc1ccc(-c2ccnc(NC3COC4C(NCc5ccco5)COC34)n2)cc1. The van der Waals surface area contributed by atoms with Gasteiger partial charge in [0.1, 0.15) is 23.7 Å². The van der Waals surface area contributed by atoms with Gasteiger partial charge >= 0.3 is 0 Å². The second-order valence-electron chi connectivity index (χ2n) is 7.41. The van der Waals surface area contributed by atoms with Gasteiger partial charge in [0, 0.05) is 11.8 Å². The van der Waals surface area contributed by atoms with Crippen molar-refractivity contribution in [2.75, 3.05) is 25.6 Å². The number of hydrogen-bond donors (Lipinski definition) is 2. The number of anilines is 1. The first-order chi connectivity index (χ1) is 14.8. The molecule has 0 amide bonds. The molecule has 2 fully saturated rings. The van der Waals surface area contributed by atoms with Crippen LogP contribution in [0.3, 0.4) is 0 Å². The van der Waals surface area contributed by atoms with Crippen LogP contribution in [0.1, 0.15) is 5.76 Å². The molecular formula is C22H24N4O4. The van der Waals surface area contributed by atoms with Gasteiger partial charge in [-0.15, -0.1) is 0 Å². The van der Waals surface area contributed by atoms with Crippen LogP contribution in [0.15, 0.2) is 59.3 Å². The number of nitrogens with zero attached hydrogens (tertiary/aromatic N) is 2. The maximum absolute atomic E-state index is 6.03. The summed E-state index contributed by atoms with van der Waals surface area (Å²) in [6, 6.07) is 13.6. The summed E-state index contributed by atoms with van der Waals surface area (Å²) in [5.74, 6) is 2.27. The lowest BCUT2D eigenvalue weighted by atomic mass is 10.1. The van der Waals surface area contributed by atoms with Crippen LogP contribution in [-0.4, -0.2) is 54.6 Å². The van der Waals surface area contributed by atoms with Crippen molar-refractivity contribution in [1.82, 2.24) is 15.3 Å². The molecule has 2 aliphatic rings. The van der Waals surface area contributed by atoms with Gasteiger partial charge in [0.05, 0.1) is 50.9 Å². The molecule has 30 heavy (non-hydrogen) atoms. The van der Waals surface area contributed by atoms with Crippen LogP contribution in [0.25, 0.3) is 11.3 Å². The molecule has 0 radical (unpaired) electrons. The van der Waals surface area contributed by atoms with Gasteiger partial charge in [-0.05, 0) is 42.5 Å². The fourth-order valence-corrected chi connectivity index (χ4v) is 3.96. The highest BCUT2D eigenvalue weighted by atomic mass is 16.6. The lowest BCUT2D eigenvalue weighted by molar-refractivity contribution is 0.0673. The number of fused-ring (bicyclic) bond motifs is 1. The number of nitrogens with one attached hydrogen (secondary N) is 2. The van der Waals surface area contributed by atoms with Crippen molar-refractivity contribution in [2.24, 2.45) is 0 Å². The zero-order chi connectivity index (χ0) is 20.3. The fraction of sp³-hybridized carbons (Fsp3) is 0.364. The van der Waals surface area contributed by atoms with Crippen LogP contribution in [0, 0.1) is 0 Å². The number of aromatic nitrogens is 2. The van der Waals surface area contributed by atoms with Gasteiger partial charge in [-0.25, -0.2) is 9.97 Å². The largest absolute Gasteiger partial charge is 0.497 e. The van der Waals surface area contributed by atoms with Crippen molar-refractivity contribution in [3.8, 4) is 17.0 Å². The Labute approximate surface area is 174 Å². The van der Waals surface area contributed by atoms with Gasteiger partial charge < -0.3 is 29.3 Å². The molecule has 0 spiro atoms. The summed E-state index contributed by atoms with van der Waals surface area (Å²) in [4.78, 5) is 9.04. The molecule has 5 rings (SSSR count). The predicted molar refractivity (Wildman–Crippen MR) is 110 cm³/mol. The van der Waals surface area contributed by atoms with Crippen LogP contribution in [0.5, 0.6) is 5.75 Å². The monoisotopic (exact) mass is 408 g/mol. The van der Waals surface area contributed by atoms with E-state index in [-0.39, 0.29) is 24.3 Å². The van der Waals surface area contributed by atoms with Gasteiger partial charge in [0.25, 0.3) is 0 Å². The summed E-state index contributed by atoms with van der Waals surface area (Å²) in [5.41, 5.74) is 1.84. The summed E-state index contributed by atoms with van der Waals surface area (Å²) in [6.45, 7) is 1.80. The first-order valence-corrected chi connectivity index (χ1v) is 10.0. The minimum Gasteiger partial charge on any atom is -0.497 e. The fourth-order valence-electron chi connectivity index (χ4n) is 3.96. The lowest BCUT2D eigenvalue weighted by Gasteiger charge is -2.18. The molecule has 4 heterocycles. The lowest BCUT2D eigenvalue weighted by Crippen LogP contribution is -2.41. The maximum atomic E-state index is 6.03. The summed E-state index contributed by atoms with van der Waals surface area (Å²) in [5, 5.41) is 6.86. The first kappa shape index (κ1) is 19.0. The third-order valence-electron chi connectivity index (χ3n) is 5.53. The minimum absolute atomic E-state index is 0.00321. The number of hydrogen-bond acceptors (Lipinski definition) is 8. The molecule has 4 atom stereocenters. The van der Waals surface area contributed by atoms with Gasteiger partial charge in [-0.1, -0.05) is 0 Å². The van der Waals surface area contributed by atoms with Crippen molar-refractivity contribution < 1.29 is 18.6 Å². The maximum Gasteiger partial charge on any atom is 0.223 e. The molecule has 2 saturated heterocycles. The number of benzene rings is 1. The van der Waals surface area contributed by atoms with Crippen LogP contribution >= 0.6 is 0 Å². The number of furan rings is 1. The third kappa shape index (κ3) is 3.89. The van der Waals surface area contributed by atoms with E-state index in [0.29, 0.717) is 25.7 Å². The molecule has 0 saturated carbocycles. The average Bonchev–Trinajstić information content (AvgIpc) is 3.52. The van der Waals surface area contributed by atoms with E-state index in [0.717, 1.165) is 22.8 Å². The summed E-state index contributed by atoms with van der Waals surface area (Å²) in [7, 11) is 1.65. The van der Waals surface area contributed by atoms with Crippen LogP contribution in [-0.2, 0) is 16.0 Å². The van der Waals surface area contributed by atoms with Gasteiger partial charge in [-0.2, -0.15) is 0 Å². The van der Waals surface area contributed by atoms with Crippen molar-refractivity contribution in [3.63, 3.8) is 0 Å². The Kier molecular flexibility index (Phi) is 5.35. The molecule has 2 aliphatic heterocycles. The van der Waals surface area contributed by atoms with E-state index in [9.17, 15) is 0 Å². The topological polar surface area (TPSA) is 90.7 Å². The molecule has 2 aromatic heterocycles. The van der Waals surface area contributed by atoms with E-state index in [4.69, 9.17) is 18.6 Å². The highest BCUT2D eigenvalue weighted by Gasteiger charge is 2.47. The van der Waals surface area contributed by atoms with E-state index in [1.54, 1.807) is 19.6 Å². The standard InChI is InChI=1S/C22H24N4O4/c1-27-15-6-4-14(5-7-15)17-8-9-23-22(25-17)26-19-13-30-20-18(12-29-21(19)20)24-11-16-3-2-10-28-16/h2-10,18-21,24H,11-13H2,1H3,(H,23,25,26). The zero-order valence-corrected chi connectivity index (χ0v) is 16.7. The Morgan fingerprint density at radius 2 is 1.83 bits per heavy atom. The molecule has 156 valence electrons. The Bertz CT molecular complexity index is 964. The van der Waals surface area contributed by atoms with Gasteiger partial charge in [-0.3, -0.25) is 0 Å². The number of ether oxygens (including phenoxy) is 3. The van der Waals surface area contributed by atoms with E-state index >= 15 is 0 Å². The Balaban J connectivity index is 1.22. The average molecular weight is 408 g/mol. The smallest absolute Gasteiger partial charge is 0.223 e. The molecule has 3 aromatic rings. The van der Waals surface area contributed by atoms with Gasteiger partial charge in [0.15, 0.2) is 0 Å². The second kappa shape index (κ2) is 8.43. The molecule has 2 N–H and O–H groups in total. The Morgan fingerprint density at radius 3 is 2.60 bits per heavy atom. The van der Waals surface area contributed by atoms with E-state index in [1.165, 1.54) is 0 Å². The van der Waals surface area contributed by atoms with Crippen molar-refractivity contribution in [1.29, 1.82) is 0 Å². The summed E-state index contributed by atoms with van der Waals surface area (Å²) in [6.07, 6.45) is 3.37. The second-order valence-corrected chi connectivity index (χ2v) is 7.41. The minimum atomic E-state index is -0.0488. The Hall–Kier alpha value is -2.94. The Morgan fingerprint density at radius 1 is 1.03 bits per heavy atom. The zero-order valence-electron chi connectivity index (χ0n) is 16.7. The van der Waals surface area contributed by atoms with E-state index < -0.39 is 0 Å². The molecule has 8 heteroatoms. The molecule has 4 unspecified atom stereocenters.